The minimum atomic E-state index is -0.0750. The molecule has 0 unspecified atom stereocenters. The molecule has 1 heterocycles. The van der Waals surface area contributed by atoms with Crippen molar-refractivity contribution < 1.29 is 4.79 Å². The fourth-order valence-corrected chi connectivity index (χ4v) is 4.44. The van der Waals surface area contributed by atoms with E-state index in [4.69, 9.17) is 0 Å². The first-order valence-electron chi connectivity index (χ1n) is 9.45. The van der Waals surface area contributed by atoms with Crippen LogP contribution >= 0.6 is 23.5 Å². The van der Waals surface area contributed by atoms with Gasteiger partial charge in [0.2, 0.25) is 5.91 Å². The van der Waals surface area contributed by atoms with Crippen LogP contribution in [0.3, 0.4) is 0 Å². The number of aromatic nitrogens is 3. The molecule has 5 nitrogen and oxygen atoms in total. The molecule has 0 bridgehead atoms. The highest BCUT2D eigenvalue weighted by Gasteiger charge is 2.16. The molecule has 0 atom stereocenters. The van der Waals surface area contributed by atoms with Gasteiger partial charge in [0.15, 0.2) is 5.16 Å². The van der Waals surface area contributed by atoms with E-state index in [1.807, 2.05) is 83.4 Å². The average Bonchev–Trinajstić information content (AvgIpc) is 3.21. The van der Waals surface area contributed by atoms with Gasteiger partial charge < -0.3 is 5.32 Å². The van der Waals surface area contributed by atoms with E-state index in [1.165, 1.54) is 16.7 Å². The quantitative estimate of drug-likeness (QED) is 0.383. The first-order valence-corrected chi connectivity index (χ1v) is 11.4. The van der Waals surface area contributed by atoms with Crippen LogP contribution in [0.2, 0.25) is 0 Å². The number of nitrogens with one attached hydrogen (secondary N) is 1. The van der Waals surface area contributed by atoms with Crippen LogP contribution in [0.1, 0.15) is 5.82 Å². The molecule has 0 fully saturated rings. The van der Waals surface area contributed by atoms with Gasteiger partial charge >= 0.3 is 0 Å². The molecule has 0 aliphatic rings. The lowest BCUT2D eigenvalue weighted by Crippen LogP contribution is -2.14. The maximum atomic E-state index is 12.4. The molecule has 150 valence electrons. The van der Waals surface area contributed by atoms with E-state index in [-0.39, 0.29) is 11.7 Å². The SMILES string of the molecule is O=C(CSc1nnc(CSc2ccccc2)n1-c1ccccc1)Nc1ccccc1. The van der Waals surface area contributed by atoms with Crippen LogP contribution in [0.25, 0.3) is 5.69 Å². The van der Waals surface area contributed by atoms with Gasteiger partial charge in [0.05, 0.1) is 11.5 Å². The number of para-hydroxylation sites is 2. The highest BCUT2D eigenvalue weighted by atomic mass is 32.2. The Hall–Kier alpha value is -3.03. The molecule has 0 aliphatic heterocycles. The lowest BCUT2D eigenvalue weighted by molar-refractivity contribution is -0.113. The molecular formula is C23H20N4OS2. The standard InChI is InChI=1S/C23H20N4OS2/c28-22(24-18-10-4-1-5-11-18)17-30-23-26-25-21(16-29-20-14-8-3-9-15-20)27(23)19-12-6-2-7-13-19/h1-15H,16-17H2,(H,24,28). The van der Waals surface area contributed by atoms with Gasteiger partial charge in [-0.15, -0.1) is 22.0 Å². The number of carbonyl (C=O) groups excluding carboxylic acids is 1. The molecule has 0 spiro atoms. The van der Waals surface area contributed by atoms with Crippen LogP contribution in [0.4, 0.5) is 5.69 Å². The highest BCUT2D eigenvalue weighted by Crippen LogP contribution is 2.27. The van der Waals surface area contributed by atoms with Crippen LogP contribution in [0, 0.1) is 0 Å². The maximum Gasteiger partial charge on any atom is 0.234 e. The molecule has 4 rings (SSSR count). The van der Waals surface area contributed by atoms with Crippen molar-refractivity contribution in [2.24, 2.45) is 0 Å². The van der Waals surface area contributed by atoms with E-state index in [0.717, 1.165) is 17.2 Å². The minimum Gasteiger partial charge on any atom is -0.325 e. The number of benzene rings is 3. The van der Waals surface area contributed by atoms with Crippen molar-refractivity contribution in [3.63, 3.8) is 0 Å². The molecule has 1 aromatic heterocycles. The summed E-state index contributed by atoms with van der Waals surface area (Å²) in [4.78, 5) is 13.5. The number of nitrogens with zero attached hydrogens (tertiary/aromatic N) is 3. The predicted molar refractivity (Wildman–Crippen MR) is 123 cm³/mol. The van der Waals surface area contributed by atoms with Crippen molar-refractivity contribution >= 4 is 35.1 Å². The van der Waals surface area contributed by atoms with Crippen LogP contribution in [0.15, 0.2) is 101 Å². The number of thioether (sulfide) groups is 2. The monoisotopic (exact) mass is 432 g/mol. The van der Waals surface area contributed by atoms with Crippen LogP contribution in [-0.2, 0) is 10.5 Å². The molecule has 0 saturated heterocycles. The Morgan fingerprint density at radius 2 is 1.43 bits per heavy atom. The maximum absolute atomic E-state index is 12.4. The Morgan fingerprint density at radius 1 is 0.800 bits per heavy atom. The Labute approximate surface area is 183 Å². The summed E-state index contributed by atoms with van der Waals surface area (Å²) in [5.74, 6) is 1.71. The third-order valence-corrected chi connectivity index (χ3v) is 6.15. The van der Waals surface area contributed by atoms with Crippen molar-refractivity contribution in [1.29, 1.82) is 0 Å². The fraction of sp³-hybridized carbons (Fsp3) is 0.0870. The molecule has 7 heteroatoms. The molecule has 0 saturated carbocycles. The molecule has 30 heavy (non-hydrogen) atoms. The zero-order chi connectivity index (χ0) is 20.6. The lowest BCUT2D eigenvalue weighted by Gasteiger charge is -2.10. The molecule has 1 amide bonds. The van der Waals surface area contributed by atoms with Gasteiger partial charge in [0.25, 0.3) is 0 Å². The smallest absolute Gasteiger partial charge is 0.234 e. The number of hydrogen-bond donors (Lipinski definition) is 1. The first-order chi connectivity index (χ1) is 14.8. The number of amides is 1. The molecular weight excluding hydrogens is 412 g/mol. The van der Waals surface area contributed by atoms with E-state index < -0.39 is 0 Å². The Morgan fingerprint density at radius 3 is 2.13 bits per heavy atom. The summed E-state index contributed by atoms with van der Waals surface area (Å²) in [6.45, 7) is 0. The third kappa shape index (κ3) is 5.31. The first kappa shape index (κ1) is 20.3. The second-order valence-electron chi connectivity index (χ2n) is 6.37. The molecule has 3 aromatic carbocycles. The number of hydrogen-bond acceptors (Lipinski definition) is 5. The van der Waals surface area contributed by atoms with Crippen LogP contribution in [0.5, 0.6) is 0 Å². The van der Waals surface area contributed by atoms with Gasteiger partial charge in [-0.25, -0.2) is 0 Å². The normalized spacial score (nSPS) is 10.7. The largest absolute Gasteiger partial charge is 0.325 e. The predicted octanol–water partition coefficient (Wildman–Crippen LogP) is 5.29. The fourth-order valence-electron chi connectivity index (χ4n) is 2.84. The molecule has 0 radical (unpaired) electrons. The number of carbonyl (C=O) groups is 1. The van der Waals surface area contributed by atoms with Crippen molar-refractivity contribution in [1.82, 2.24) is 14.8 Å². The van der Waals surface area contributed by atoms with Crippen molar-refractivity contribution in [3.8, 4) is 5.69 Å². The lowest BCUT2D eigenvalue weighted by atomic mass is 10.3. The molecule has 4 aromatic rings. The molecule has 0 aliphatic carbocycles. The zero-order valence-corrected chi connectivity index (χ0v) is 17.8. The van der Waals surface area contributed by atoms with Gasteiger partial charge in [0, 0.05) is 16.3 Å². The van der Waals surface area contributed by atoms with Crippen LogP contribution < -0.4 is 5.32 Å². The summed E-state index contributed by atoms with van der Waals surface area (Å²) in [5.41, 5.74) is 1.77. The second kappa shape index (κ2) is 10.1. The van der Waals surface area contributed by atoms with Gasteiger partial charge in [-0.05, 0) is 36.4 Å². The van der Waals surface area contributed by atoms with Gasteiger partial charge in [-0.3, -0.25) is 9.36 Å². The number of anilines is 1. The summed E-state index contributed by atoms with van der Waals surface area (Å²) in [5, 5.41) is 12.4. The average molecular weight is 433 g/mol. The van der Waals surface area contributed by atoms with Crippen molar-refractivity contribution in [2.75, 3.05) is 11.1 Å². The van der Waals surface area contributed by atoms with E-state index in [9.17, 15) is 4.79 Å². The van der Waals surface area contributed by atoms with Crippen LogP contribution in [-0.4, -0.2) is 26.4 Å². The minimum absolute atomic E-state index is 0.0750. The second-order valence-corrected chi connectivity index (χ2v) is 8.37. The summed E-state index contributed by atoms with van der Waals surface area (Å²) in [7, 11) is 0. The summed E-state index contributed by atoms with van der Waals surface area (Å²) < 4.78 is 2.02. The van der Waals surface area contributed by atoms with Gasteiger partial charge in [0.1, 0.15) is 5.82 Å². The Balaban J connectivity index is 1.49. The van der Waals surface area contributed by atoms with E-state index >= 15 is 0 Å². The summed E-state index contributed by atoms with van der Waals surface area (Å²) >= 11 is 3.09. The third-order valence-electron chi connectivity index (χ3n) is 4.22. The van der Waals surface area contributed by atoms with E-state index in [1.54, 1.807) is 11.8 Å². The zero-order valence-electron chi connectivity index (χ0n) is 16.1. The molecule has 1 N–H and O–H groups in total. The number of rotatable bonds is 8. The summed E-state index contributed by atoms with van der Waals surface area (Å²) in [6.07, 6.45) is 0. The highest BCUT2D eigenvalue weighted by molar-refractivity contribution is 7.99. The van der Waals surface area contributed by atoms with Crippen molar-refractivity contribution in [2.45, 2.75) is 15.8 Å². The van der Waals surface area contributed by atoms with Gasteiger partial charge in [-0.2, -0.15) is 0 Å². The van der Waals surface area contributed by atoms with Gasteiger partial charge in [-0.1, -0.05) is 66.4 Å². The Bertz CT molecular complexity index is 1090. The van der Waals surface area contributed by atoms with Crippen molar-refractivity contribution in [3.05, 3.63) is 96.8 Å². The topological polar surface area (TPSA) is 59.8 Å². The van der Waals surface area contributed by atoms with E-state index in [2.05, 4.69) is 27.6 Å². The van der Waals surface area contributed by atoms with E-state index in [0.29, 0.717) is 10.9 Å². The Kier molecular flexibility index (Phi) is 6.84. The summed E-state index contributed by atoms with van der Waals surface area (Å²) in [6, 6.07) is 29.7.